The van der Waals surface area contributed by atoms with Crippen molar-refractivity contribution >= 4 is 0 Å². The molecule has 0 aromatic carbocycles. The maximum Gasteiger partial charge on any atom is 0.164 e. The summed E-state index contributed by atoms with van der Waals surface area (Å²) in [6.07, 6.45) is 0.935. The van der Waals surface area contributed by atoms with E-state index >= 15 is 0 Å². The third-order valence-electron chi connectivity index (χ3n) is 0.810. The van der Waals surface area contributed by atoms with Gasteiger partial charge in [-0.1, -0.05) is 27.0 Å². The van der Waals surface area contributed by atoms with E-state index in [-0.39, 0.29) is 0 Å². The van der Waals surface area contributed by atoms with E-state index in [2.05, 4.69) is 13.2 Å². The van der Waals surface area contributed by atoms with Gasteiger partial charge >= 0.3 is 0 Å². The zero-order valence-corrected chi connectivity index (χ0v) is 7.32. The Labute approximate surface area is 67.6 Å². The molecule has 0 aliphatic carbocycles. The predicted octanol–water partition coefficient (Wildman–Crippen LogP) is 3.51. The van der Waals surface area contributed by atoms with Crippen molar-refractivity contribution in [2.75, 3.05) is 0 Å². The van der Waals surface area contributed by atoms with Crippen LogP contribution in [-0.4, -0.2) is 5.11 Å². The minimum absolute atomic E-state index is 0.299. The highest BCUT2D eigenvalue weighted by Gasteiger charge is 1.98. The molecule has 1 nitrogen and oxygen atoms in total. The van der Waals surface area contributed by atoms with Gasteiger partial charge in [-0.05, 0) is 18.6 Å². The van der Waals surface area contributed by atoms with E-state index in [1.165, 1.54) is 6.92 Å². The van der Waals surface area contributed by atoms with Gasteiger partial charge in [0.15, 0.2) is 11.6 Å². The first-order chi connectivity index (χ1) is 5.09. The molecule has 0 aromatic heterocycles. The number of aliphatic hydroxyl groups excluding tert-OH is 1. The Balaban J connectivity index is 0. The van der Waals surface area contributed by atoms with E-state index in [1.807, 2.05) is 13.8 Å². The molecule has 0 heterocycles. The lowest BCUT2D eigenvalue weighted by Crippen LogP contribution is -1.83. The normalized spacial score (nSPS) is 10.5. The summed E-state index contributed by atoms with van der Waals surface area (Å²) < 4.78 is 12.2. The third-order valence-corrected chi connectivity index (χ3v) is 0.810. The first-order valence-electron chi connectivity index (χ1n) is 3.46. The second-order valence-corrected chi connectivity index (χ2v) is 1.68. The molecule has 0 atom stereocenters. The lowest BCUT2D eigenvalue weighted by molar-refractivity contribution is 0.398. The summed E-state index contributed by atoms with van der Waals surface area (Å²) in [5, 5.41) is 8.73. The van der Waals surface area contributed by atoms with E-state index < -0.39 is 11.6 Å². The van der Waals surface area contributed by atoms with Crippen LogP contribution in [0.3, 0.4) is 0 Å². The van der Waals surface area contributed by atoms with Gasteiger partial charge in [-0.3, -0.25) is 0 Å². The average Bonchev–Trinajstić information content (AvgIpc) is 2.05. The van der Waals surface area contributed by atoms with Crippen molar-refractivity contribution in [2.45, 2.75) is 20.8 Å². The average molecular weight is 158 g/mol. The Bertz CT molecular complexity index is 168. The summed E-state index contributed by atoms with van der Waals surface area (Å²) in [5.74, 6) is -1.16. The fourth-order valence-electron chi connectivity index (χ4n) is 0.301. The lowest BCUT2D eigenvalue weighted by atomic mass is 10.2. The molecular weight excluding hydrogens is 143 g/mol. The summed E-state index contributed by atoms with van der Waals surface area (Å²) in [7, 11) is 0. The number of hydrogen-bond donors (Lipinski definition) is 1. The Morgan fingerprint density at radius 3 is 1.91 bits per heavy atom. The van der Waals surface area contributed by atoms with E-state index in [4.69, 9.17) is 5.11 Å². The van der Waals surface area contributed by atoms with Crippen LogP contribution < -0.4 is 0 Å². The van der Waals surface area contributed by atoms with E-state index in [1.54, 1.807) is 0 Å². The van der Waals surface area contributed by atoms with E-state index in [0.717, 1.165) is 6.08 Å². The third kappa shape index (κ3) is 5.40. The fraction of sp³-hybridized carbons (Fsp3) is 0.333. The summed E-state index contributed by atoms with van der Waals surface area (Å²) in [6.45, 7) is 12.0. The first kappa shape index (κ1) is 12.6. The highest BCUT2D eigenvalue weighted by atomic mass is 19.1. The van der Waals surface area contributed by atoms with Crippen LogP contribution in [0.2, 0.25) is 0 Å². The summed E-state index contributed by atoms with van der Waals surface area (Å²) in [6, 6.07) is 0. The van der Waals surface area contributed by atoms with Gasteiger partial charge in [0.25, 0.3) is 0 Å². The molecule has 0 spiro atoms. The second kappa shape index (κ2) is 7.06. The van der Waals surface area contributed by atoms with Crippen molar-refractivity contribution in [1.29, 1.82) is 0 Å². The number of aliphatic hydroxyl groups is 1. The summed E-state index contributed by atoms with van der Waals surface area (Å²) in [4.78, 5) is 0. The molecule has 64 valence electrons. The molecule has 0 fully saturated rings. The molecule has 0 aliphatic rings. The smallest absolute Gasteiger partial charge is 0.164 e. The zero-order valence-electron chi connectivity index (χ0n) is 7.32. The van der Waals surface area contributed by atoms with Gasteiger partial charge < -0.3 is 5.11 Å². The monoisotopic (exact) mass is 158 g/mol. The Morgan fingerprint density at radius 1 is 1.45 bits per heavy atom. The van der Waals surface area contributed by atoms with Crippen molar-refractivity contribution in [1.82, 2.24) is 0 Å². The molecule has 0 rings (SSSR count). The van der Waals surface area contributed by atoms with Crippen LogP contribution in [0, 0.1) is 0 Å². The molecule has 0 amide bonds. The number of hydrogen-bond acceptors (Lipinski definition) is 1. The highest BCUT2D eigenvalue weighted by molar-refractivity contribution is 5.26. The largest absolute Gasteiger partial charge is 0.505 e. The van der Waals surface area contributed by atoms with E-state index in [9.17, 15) is 4.39 Å². The number of halogens is 1. The van der Waals surface area contributed by atoms with Crippen molar-refractivity contribution in [3.63, 3.8) is 0 Å². The van der Waals surface area contributed by atoms with Crippen molar-refractivity contribution in [3.8, 4) is 0 Å². The summed E-state index contributed by atoms with van der Waals surface area (Å²) >= 11 is 0. The van der Waals surface area contributed by atoms with Crippen LogP contribution in [0.15, 0.2) is 36.4 Å². The van der Waals surface area contributed by atoms with Crippen LogP contribution in [0.4, 0.5) is 4.39 Å². The molecule has 0 bridgehead atoms. The van der Waals surface area contributed by atoms with Gasteiger partial charge in [0.05, 0.1) is 0 Å². The van der Waals surface area contributed by atoms with Gasteiger partial charge in [0.2, 0.25) is 0 Å². The first-order valence-corrected chi connectivity index (χ1v) is 3.46. The fourth-order valence-corrected chi connectivity index (χ4v) is 0.301. The molecule has 1 N–H and O–H groups in total. The Hall–Kier alpha value is -1.05. The van der Waals surface area contributed by atoms with Crippen molar-refractivity contribution < 1.29 is 9.50 Å². The molecule has 0 aromatic rings. The standard InChI is InChI=1S/C7H9FO.C2H6/c1-4-6(8)7(9)5(2)3;1-2/h4,9H,1-2H2,3H3;1-2H3/b7-6-;. The van der Waals surface area contributed by atoms with Crippen LogP contribution in [0.5, 0.6) is 0 Å². The zero-order chi connectivity index (χ0) is 9.44. The van der Waals surface area contributed by atoms with Gasteiger partial charge in [-0.2, -0.15) is 0 Å². The molecule has 0 aliphatic heterocycles. The Morgan fingerprint density at radius 2 is 1.82 bits per heavy atom. The SMILES string of the molecule is C=C/C(F)=C(/O)C(=C)C.CC. The maximum absolute atomic E-state index is 12.2. The molecular formula is C9H15FO. The van der Waals surface area contributed by atoms with Crippen LogP contribution in [-0.2, 0) is 0 Å². The molecule has 0 saturated carbocycles. The maximum atomic E-state index is 12.2. The predicted molar refractivity (Wildman–Crippen MR) is 47.1 cm³/mol. The minimum atomic E-state index is -0.734. The van der Waals surface area contributed by atoms with Crippen LogP contribution in [0.1, 0.15) is 20.8 Å². The molecule has 0 radical (unpaired) electrons. The molecule has 0 unspecified atom stereocenters. The molecule has 2 heteroatoms. The van der Waals surface area contributed by atoms with Gasteiger partial charge in [-0.15, -0.1) is 0 Å². The van der Waals surface area contributed by atoms with Crippen LogP contribution >= 0.6 is 0 Å². The van der Waals surface area contributed by atoms with Gasteiger partial charge in [0.1, 0.15) is 0 Å². The van der Waals surface area contributed by atoms with Gasteiger partial charge in [-0.25, -0.2) is 4.39 Å². The second-order valence-electron chi connectivity index (χ2n) is 1.68. The van der Waals surface area contributed by atoms with Crippen molar-refractivity contribution in [2.24, 2.45) is 0 Å². The minimum Gasteiger partial charge on any atom is -0.505 e. The molecule has 11 heavy (non-hydrogen) atoms. The van der Waals surface area contributed by atoms with Gasteiger partial charge in [0, 0.05) is 0 Å². The highest BCUT2D eigenvalue weighted by Crippen LogP contribution is 2.10. The molecule has 0 saturated heterocycles. The van der Waals surface area contributed by atoms with Crippen molar-refractivity contribution in [3.05, 3.63) is 36.4 Å². The quantitative estimate of drug-likeness (QED) is 0.481. The number of rotatable bonds is 2. The lowest BCUT2D eigenvalue weighted by Gasteiger charge is -1.95. The Kier molecular flexibility index (Phi) is 8.10. The number of allylic oxidation sites excluding steroid dienone is 3. The van der Waals surface area contributed by atoms with Crippen LogP contribution in [0.25, 0.3) is 0 Å². The van der Waals surface area contributed by atoms with E-state index in [0.29, 0.717) is 5.57 Å². The topological polar surface area (TPSA) is 20.2 Å². The summed E-state index contributed by atoms with van der Waals surface area (Å²) in [5.41, 5.74) is 0.299.